The van der Waals surface area contributed by atoms with Crippen molar-refractivity contribution in [2.45, 2.75) is 64.8 Å². The molecule has 0 bridgehead atoms. The molecule has 0 spiro atoms. The third-order valence-electron chi connectivity index (χ3n) is 6.77. The minimum Gasteiger partial charge on any atom is -0.356 e. The highest BCUT2D eigenvalue weighted by molar-refractivity contribution is 5.90. The van der Waals surface area contributed by atoms with Crippen LogP contribution in [0.3, 0.4) is 0 Å². The van der Waals surface area contributed by atoms with Gasteiger partial charge in [-0.05, 0) is 37.3 Å². The number of benzene rings is 1. The van der Waals surface area contributed by atoms with E-state index in [1.54, 1.807) is 0 Å². The quantitative estimate of drug-likeness (QED) is 0.720. The van der Waals surface area contributed by atoms with E-state index in [0.717, 1.165) is 42.8 Å². The summed E-state index contributed by atoms with van der Waals surface area (Å²) in [6.07, 6.45) is 8.91. The zero-order chi connectivity index (χ0) is 20.1. The van der Waals surface area contributed by atoms with Gasteiger partial charge in [-0.2, -0.15) is 4.98 Å². The number of likely N-dealkylation sites (tertiary alicyclic amines) is 1. The van der Waals surface area contributed by atoms with Crippen LogP contribution >= 0.6 is 0 Å². The highest BCUT2D eigenvalue weighted by atomic mass is 15.3. The summed E-state index contributed by atoms with van der Waals surface area (Å²) in [5.74, 6) is 2.74. The van der Waals surface area contributed by atoms with Gasteiger partial charge in [0.1, 0.15) is 5.82 Å². The van der Waals surface area contributed by atoms with Gasteiger partial charge in [0.05, 0.1) is 5.52 Å². The molecule has 3 heterocycles. The Morgan fingerprint density at radius 3 is 2.52 bits per heavy atom. The van der Waals surface area contributed by atoms with Crippen LogP contribution in [-0.2, 0) is 0 Å². The van der Waals surface area contributed by atoms with Crippen LogP contribution in [0.5, 0.6) is 0 Å². The molecule has 0 aliphatic carbocycles. The van der Waals surface area contributed by atoms with Crippen LogP contribution in [0.1, 0.15) is 58.8 Å². The summed E-state index contributed by atoms with van der Waals surface area (Å²) in [5, 5.41) is 4.86. The predicted molar refractivity (Wildman–Crippen MR) is 123 cm³/mol. The Hall–Kier alpha value is -1.88. The summed E-state index contributed by atoms with van der Waals surface area (Å²) in [6.45, 7) is 10.3. The van der Waals surface area contributed by atoms with Crippen molar-refractivity contribution in [3.63, 3.8) is 0 Å². The minimum atomic E-state index is 0.447. The molecular weight excluding hydrogens is 358 g/mol. The zero-order valence-corrected chi connectivity index (χ0v) is 18.2. The molecule has 29 heavy (non-hydrogen) atoms. The monoisotopic (exact) mass is 395 g/mol. The number of hydrogen-bond donors (Lipinski definition) is 1. The van der Waals surface area contributed by atoms with Crippen LogP contribution in [0.2, 0.25) is 0 Å². The second-order valence-corrected chi connectivity index (χ2v) is 8.86. The average molecular weight is 396 g/mol. The van der Waals surface area contributed by atoms with Crippen molar-refractivity contribution >= 4 is 22.7 Å². The number of nitrogens with zero attached hydrogens (tertiary/aromatic N) is 4. The van der Waals surface area contributed by atoms with Crippen molar-refractivity contribution in [1.82, 2.24) is 14.9 Å². The molecule has 4 rings (SSSR count). The third kappa shape index (κ3) is 5.00. The third-order valence-corrected chi connectivity index (χ3v) is 6.77. The second-order valence-electron chi connectivity index (χ2n) is 8.86. The molecule has 1 aromatic heterocycles. The molecule has 1 aromatic carbocycles. The normalized spacial score (nSPS) is 21.1. The number of hydrogen-bond acceptors (Lipinski definition) is 5. The van der Waals surface area contributed by atoms with E-state index in [1.807, 2.05) is 0 Å². The molecule has 0 saturated carbocycles. The van der Waals surface area contributed by atoms with E-state index in [4.69, 9.17) is 9.97 Å². The largest absolute Gasteiger partial charge is 0.356 e. The Morgan fingerprint density at radius 1 is 1.00 bits per heavy atom. The smallest absolute Gasteiger partial charge is 0.225 e. The first-order chi connectivity index (χ1) is 14.3. The van der Waals surface area contributed by atoms with E-state index in [2.05, 4.69) is 53.2 Å². The molecule has 1 N–H and O–H groups in total. The van der Waals surface area contributed by atoms with Gasteiger partial charge in [0.15, 0.2) is 0 Å². The summed E-state index contributed by atoms with van der Waals surface area (Å²) in [7, 11) is 0. The fourth-order valence-corrected chi connectivity index (χ4v) is 4.86. The first kappa shape index (κ1) is 20.4. The van der Waals surface area contributed by atoms with Crippen LogP contribution in [0.15, 0.2) is 24.3 Å². The molecule has 2 aliphatic heterocycles. The molecule has 5 nitrogen and oxygen atoms in total. The standard InChI is InChI=1S/C24H37N5/c1-3-19(4-2)17-28-16-13-20(18-28)25-24-26-22-12-8-7-11-21(22)23(27-24)29-14-9-5-6-10-15-29/h7-8,11-12,19-20H,3-6,9-10,13-18H2,1-2H3,(H,25,26,27)/t20-/m1/s1. The molecule has 2 aromatic rings. The fourth-order valence-electron chi connectivity index (χ4n) is 4.86. The number of aromatic nitrogens is 2. The molecule has 158 valence electrons. The van der Waals surface area contributed by atoms with Gasteiger partial charge in [-0.1, -0.05) is 51.7 Å². The first-order valence-electron chi connectivity index (χ1n) is 11.8. The van der Waals surface area contributed by atoms with Crippen molar-refractivity contribution in [2.75, 3.05) is 42.9 Å². The fraction of sp³-hybridized carbons (Fsp3) is 0.667. The lowest BCUT2D eigenvalue weighted by Gasteiger charge is -2.24. The SMILES string of the molecule is CCC(CC)CN1CC[C@@H](Nc2nc(N3CCCCCC3)c3ccccc3n2)C1. The molecule has 2 fully saturated rings. The summed E-state index contributed by atoms with van der Waals surface area (Å²) in [6, 6.07) is 8.93. The van der Waals surface area contributed by atoms with Crippen LogP contribution in [-0.4, -0.2) is 53.6 Å². The number of rotatable bonds is 7. The van der Waals surface area contributed by atoms with Gasteiger partial charge in [-0.15, -0.1) is 0 Å². The Labute approximate surface area is 175 Å². The van der Waals surface area contributed by atoms with Crippen LogP contribution in [0, 0.1) is 5.92 Å². The first-order valence-corrected chi connectivity index (χ1v) is 11.8. The number of para-hydroxylation sites is 1. The Bertz CT molecular complexity index is 780. The van der Waals surface area contributed by atoms with Crippen molar-refractivity contribution in [1.29, 1.82) is 0 Å². The number of fused-ring (bicyclic) bond motifs is 1. The molecule has 0 radical (unpaired) electrons. The van der Waals surface area contributed by atoms with E-state index in [1.165, 1.54) is 63.4 Å². The van der Waals surface area contributed by atoms with Gasteiger partial charge >= 0.3 is 0 Å². The van der Waals surface area contributed by atoms with E-state index < -0.39 is 0 Å². The summed E-state index contributed by atoms with van der Waals surface area (Å²) in [4.78, 5) is 15.0. The van der Waals surface area contributed by atoms with Crippen LogP contribution in [0.25, 0.3) is 10.9 Å². The Balaban J connectivity index is 1.51. The van der Waals surface area contributed by atoms with E-state index >= 15 is 0 Å². The van der Waals surface area contributed by atoms with E-state index in [9.17, 15) is 0 Å². The van der Waals surface area contributed by atoms with Crippen LogP contribution < -0.4 is 10.2 Å². The molecule has 2 saturated heterocycles. The maximum absolute atomic E-state index is 5.03. The lowest BCUT2D eigenvalue weighted by Crippen LogP contribution is -2.31. The summed E-state index contributed by atoms with van der Waals surface area (Å²) < 4.78 is 0. The highest BCUT2D eigenvalue weighted by Crippen LogP contribution is 2.28. The lowest BCUT2D eigenvalue weighted by atomic mass is 10.0. The Morgan fingerprint density at radius 2 is 1.76 bits per heavy atom. The van der Waals surface area contributed by atoms with Crippen molar-refractivity contribution in [3.05, 3.63) is 24.3 Å². The van der Waals surface area contributed by atoms with Gasteiger partial charge in [0, 0.05) is 44.2 Å². The van der Waals surface area contributed by atoms with Crippen molar-refractivity contribution < 1.29 is 0 Å². The number of anilines is 2. The van der Waals surface area contributed by atoms with Crippen molar-refractivity contribution in [3.8, 4) is 0 Å². The Kier molecular flexibility index (Phi) is 6.86. The van der Waals surface area contributed by atoms with Gasteiger partial charge in [0.2, 0.25) is 5.95 Å². The van der Waals surface area contributed by atoms with E-state index in [-0.39, 0.29) is 0 Å². The van der Waals surface area contributed by atoms with Gasteiger partial charge < -0.3 is 15.1 Å². The van der Waals surface area contributed by atoms with Gasteiger partial charge in [0.25, 0.3) is 0 Å². The molecule has 0 amide bonds. The molecule has 5 heteroatoms. The van der Waals surface area contributed by atoms with Crippen molar-refractivity contribution in [2.24, 2.45) is 5.92 Å². The predicted octanol–water partition coefficient (Wildman–Crippen LogP) is 4.93. The zero-order valence-electron chi connectivity index (χ0n) is 18.2. The maximum atomic E-state index is 5.03. The molecule has 2 aliphatic rings. The average Bonchev–Trinajstić information content (AvgIpc) is 3.01. The molecule has 1 atom stereocenters. The van der Waals surface area contributed by atoms with Crippen LogP contribution in [0.4, 0.5) is 11.8 Å². The topological polar surface area (TPSA) is 44.3 Å². The minimum absolute atomic E-state index is 0.447. The second kappa shape index (κ2) is 9.75. The summed E-state index contributed by atoms with van der Waals surface area (Å²) in [5.41, 5.74) is 1.05. The van der Waals surface area contributed by atoms with Gasteiger partial charge in [-0.25, -0.2) is 4.98 Å². The maximum Gasteiger partial charge on any atom is 0.225 e. The highest BCUT2D eigenvalue weighted by Gasteiger charge is 2.25. The van der Waals surface area contributed by atoms with Gasteiger partial charge in [-0.3, -0.25) is 0 Å². The molecular formula is C24H37N5. The lowest BCUT2D eigenvalue weighted by molar-refractivity contribution is 0.267. The summed E-state index contributed by atoms with van der Waals surface area (Å²) >= 11 is 0. The van der Waals surface area contributed by atoms with E-state index in [0.29, 0.717) is 6.04 Å². The molecule has 0 unspecified atom stereocenters. The number of nitrogens with one attached hydrogen (secondary N) is 1.